The molecule has 2 aliphatic rings. The first-order chi connectivity index (χ1) is 16.3. The van der Waals surface area contributed by atoms with Crippen molar-refractivity contribution in [2.75, 3.05) is 0 Å². The molecule has 34 heavy (non-hydrogen) atoms. The highest BCUT2D eigenvalue weighted by molar-refractivity contribution is 5.28. The van der Waals surface area contributed by atoms with Crippen LogP contribution in [0.25, 0.3) is 0 Å². The maximum absolute atomic E-state index is 13.8. The summed E-state index contributed by atoms with van der Waals surface area (Å²) in [6.07, 6.45) is 17.3. The van der Waals surface area contributed by atoms with E-state index in [1.165, 1.54) is 64.2 Å². The first kappa shape index (κ1) is 27.2. The molecule has 0 unspecified atom stereocenters. The van der Waals surface area contributed by atoms with E-state index in [4.69, 9.17) is 0 Å². The number of hydrogen-bond donors (Lipinski definition) is 0. The maximum Gasteiger partial charge on any atom is 0.422 e. The molecular formula is C29H41F5. The minimum atomic E-state index is -5.00. The Hall–Kier alpha value is -1.39. The Balaban J connectivity index is 1.34. The van der Waals surface area contributed by atoms with Crippen molar-refractivity contribution in [3.63, 3.8) is 0 Å². The number of halogens is 5. The summed E-state index contributed by atoms with van der Waals surface area (Å²) in [4.78, 5) is 0. The average molecular weight is 485 g/mol. The minimum Gasteiger partial charge on any atom is -0.206 e. The van der Waals surface area contributed by atoms with Gasteiger partial charge in [-0.3, -0.25) is 0 Å². The number of benzene rings is 1. The van der Waals surface area contributed by atoms with E-state index in [1.807, 2.05) is 0 Å². The van der Waals surface area contributed by atoms with Crippen molar-refractivity contribution in [1.82, 2.24) is 0 Å². The minimum absolute atomic E-state index is 0.324. The van der Waals surface area contributed by atoms with Crippen molar-refractivity contribution in [3.8, 4) is 0 Å². The molecule has 5 heteroatoms. The lowest BCUT2D eigenvalue weighted by molar-refractivity contribution is -0.142. The Morgan fingerprint density at radius 3 is 1.79 bits per heavy atom. The quantitative estimate of drug-likeness (QED) is 0.176. The molecular weight excluding hydrogens is 443 g/mol. The molecule has 2 aliphatic carbocycles. The number of aryl methyl sites for hydroxylation is 1. The zero-order chi connectivity index (χ0) is 24.6. The molecule has 0 spiro atoms. The predicted octanol–water partition coefficient (Wildman–Crippen LogP) is 10.1. The van der Waals surface area contributed by atoms with Gasteiger partial charge in [0.2, 0.25) is 0 Å². The highest BCUT2D eigenvalue weighted by Gasteiger charge is 2.38. The molecule has 0 nitrogen and oxygen atoms in total. The summed E-state index contributed by atoms with van der Waals surface area (Å²) in [5.41, 5.74) is -1.46. The fourth-order valence-electron chi connectivity index (χ4n) is 6.29. The van der Waals surface area contributed by atoms with Crippen molar-refractivity contribution in [1.29, 1.82) is 0 Å². The third kappa shape index (κ3) is 8.09. The van der Waals surface area contributed by atoms with E-state index in [2.05, 4.69) is 19.1 Å². The summed E-state index contributed by atoms with van der Waals surface area (Å²) in [5, 5.41) is 0. The first-order valence-corrected chi connectivity index (χ1v) is 13.5. The number of rotatable bonds is 10. The van der Waals surface area contributed by atoms with Crippen LogP contribution in [-0.2, 0) is 12.6 Å². The van der Waals surface area contributed by atoms with Crippen LogP contribution in [0.3, 0.4) is 0 Å². The summed E-state index contributed by atoms with van der Waals surface area (Å²) in [7, 11) is 0. The number of allylic oxidation sites excluding steroid dienone is 2. The van der Waals surface area contributed by atoms with E-state index in [0.29, 0.717) is 17.9 Å². The van der Waals surface area contributed by atoms with Gasteiger partial charge in [0.05, 0.1) is 0 Å². The molecule has 192 valence electrons. The van der Waals surface area contributed by atoms with Gasteiger partial charge < -0.3 is 0 Å². The van der Waals surface area contributed by atoms with E-state index in [1.54, 1.807) is 0 Å². The summed E-state index contributed by atoms with van der Waals surface area (Å²) in [5.74, 6) is 0.0560. The molecule has 2 fully saturated rings. The third-order valence-corrected chi connectivity index (χ3v) is 8.31. The Labute approximate surface area is 202 Å². The summed E-state index contributed by atoms with van der Waals surface area (Å²) >= 11 is 0. The second kappa shape index (κ2) is 13.1. The van der Waals surface area contributed by atoms with Gasteiger partial charge in [-0.15, -0.1) is 0 Å². The Kier molecular flexibility index (Phi) is 10.5. The molecule has 3 rings (SSSR count). The second-order valence-corrected chi connectivity index (χ2v) is 10.7. The number of unbranched alkanes of at least 4 members (excludes halogenated alkanes) is 2. The van der Waals surface area contributed by atoms with Crippen LogP contribution >= 0.6 is 0 Å². The monoisotopic (exact) mass is 484 g/mol. The molecule has 0 heterocycles. The van der Waals surface area contributed by atoms with Crippen LogP contribution in [0.4, 0.5) is 22.0 Å². The van der Waals surface area contributed by atoms with Gasteiger partial charge in [0.25, 0.3) is 0 Å². The van der Waals surface area contributed by atoms with Crippen LogP contribution in [0.15, 0.2) is 24.3 Å². The maximum atomic E-state index is 13.8. The summed E-state index contributed by atoms with van der Waals surface area (Å²) in [6, 6.07) is 1.72. The van der Waals surface area contributed by atoms with Crippen LogP contribution in [-0.4, -0.2) is 0 Å². The van der Waals surface area contributed by atoms with Crippen LogP contribution in [0.2, 0.25) is 0 Å². The van der Waals surface area contributed by atoms with Crippen LogP contribution < -0.4 is 0 Å². The van der Waals surface area contributed by atoms with Gasteiger partial charge in [-0.2, -0.15) is 13.2 Å². The number of alkyl halides is 3. The normalized spacial score (nSPS) is 26.3. The molecule has 0 radical (unpaired) electrons. The van der Waals surface area contributed by atoms with Gasteiger partial charge >= 0.3 is 6.18 Å². The lowest BCUT2D eigenvalue weighted by Gasteiger charge is -2.38. The molecule has 0 N–H and O–H groups in total. The summed E-state index contributed by atoms with van der Waals surface area (Å²) < 4.78 is 65.9. The molecule has 0 saturated heterocycles. The lowest BCUT2D eigenvalue weighted by Crippen LogP contribution is -2.26. The largest absolute Gasteiger partial charge is 0.422 e. The Morgan fingerprint density at radius 1 is 0.765 bits per heavy atom. The van der Waals surface area contributed by atoms with Gasteiger partial charge in [0.1, 0.15) is 17.2 Å². The van der Waals surface area contributed by atoms with E-state index >= 15 is 0 Å². The van der Waals surface area contributed by atoms with Crippen LogP contribution in [0.1, 0.15) is 108 Å². The molecule has 1 aromatic rings. The van der Waals surface area contributed by atoms with E-state index in [9.17, 15) is 22.0 Å². The molecule has 0 aromatic heterocycles. The number of hydrogen-bond acceptors (Lipinski definition) is 0. The van der Waals surface area contributed by atoms with Gasteiger partial charge in [0.15, 0.2) is 0 Å². The average Bonchev–Trinajstić information content (AvgIpc) is 2.79. The Morgan fingerprint density at radius 2 is 1.29 bits per heavy atom. The smallest absolute Gasteiger partial charge is 0.206 e. The van der Waals surface area contributed by atoms with Crippen molar-refractivity contribution < 1.29 is 22.0 Å². The van der Waals surface area contributed by atoms with Gasteiger partial charge in [-0.25, -0.2) is 8.78 Å². The van der Waals surface area contributed by atoms with E-state index in [-0.39, 0.29) is 0 Å². The summed E-state index contributed by atoms with van der Waals surface area (Å²) in [6.45, 7) is 2.18. The molecule has 2 saturated carbocycles. The zero-order valence-corrected chi connectivity index (χ0v) is 20.6. The van der Waals surface area contributed by atoms with Crippen molar-refractivity contribution in [3.05, 3.63) is 47.0 Å². The second-order valence-electron chi connectivity index (χ2n) is 10.7. The third-order valence-electron chi connectivity index (χ3n) is 8.31. The predicted molar refractivity (Wildman–Crippen MR) is 128 cm³/mol. The van der Waals surface area contributed by atoms with E-state index < -0.39 is 23.4 Å². The SMILES string of the molecule is CC/C=C/CCCC[C@H]1CC[C@H]([C@H]2CC[C@H](CCc3cc(F)c(C(F)(F)F)c(F)c3)CC2)CC1. The highest BCUT2D eigenvalue weighted by Crippen LogP contribution is 2.43. The fraction of sp³-hybridized carbons (Fsp3) is 0.724. The van der Waals surface area contributed by atoms with Crippen molar-refractivity contribution >= 4 is 0 Å². The highest BCUT2D eigenvalue weighted by atomic mass is 19.4. The van der Waals surface area contributed by atoms with Gasteiger partial charge in [-0.05, 0) is 99.2 Å². The Bertz CT molecular complexity index is 742. The lowest BCUT2D eigenvalue weighted by atomic mass is 9.68. The fourth-order valence-corrected chi connectivity index (χ4v) is 6.29. The standard InChI is InChI=1S/C29H41F5/c1-2-3-4-5-6-7-8-21-11-15-24(16-12-21)25-17-13-22(14-18-25)9-10-23-19-26(30)28(27(31)20-23)29(32,33)34/h3-4,19-22,24-25H,2,5-18H2,1H3/b4-3+/t21-,22-,24-,25-. The molecule has 1 aromatic carbocycles. The first-order valence-electron chi connectivity index (χ1n) is 13.5. The van der Waals surface area contributed by atoms with Crippen LogP contribution in [0, 0.1) is 35.3 Å². The van der Waals surface area contributed by atoms with Gasteiger partial charge in [0, 0.05) is 0 Å². The topological polar surface area (TPSA) is 0 Å². The van der Waals surface area contributed by atoms with Crippen LogP contribution in [0.5, 0.6) is 0 Å². The molecule has 0 atom stereocenters. The molecule has 0 amide bonds. The van der Waals surface area contributed by atoms with Crippen molar-refractivity contribution in [2.45, 2.75) is 109 Å². The molecule has 0 aliphatic heterocycles. The van der Waals surface area contributed by atoms with Gasteiger partial charge in [-0.1, -0.05) is 57.6 Å². The van der Waals surface area contributed by atoms with E-state index in [0.717, 1.165) is 55.6 Å². The van der Waals surface area contributed by atoms with Crippen molar-refractivity contribution in [2.24, 2.45) is 23.7 Å². The zero-order valence-electron chi connectivity index (χ0n) is 20.6. The molecule has 0 bridgehead atoms.